The van der Waals surface area contributed by atoms with Crippen molar-refractivity contribution in [2.75, 3.05) is 12.3 Å². The van der Waals surface area contributed by atoms with Crippen LogP contribution in [0.3, 0.4) is 0 Å². The zero-order valence-electron chi connectivity index (χ0n) is 10.8. The number of aryl methyl sites for hydroxylation is 2. The second kappa shape index (κ2) is 5.58. The van der Waals surface area contributed by atoms with Crippen LogP contribution < -0.4 is 10.5 Å². The molecule has 0 heterocycles. The topological polar surface area (TPSA) is 92.4 Å². The van der Waals surface area contributed by atoms with E-state index in [2.05, 4.69) is 0 Å². The molecule has 0 aliphatic heterocycles. The van der Waals surface area contributed by atoms with Gasteiger partial charge in [0.05, 0.1) is 5.69 Å². The quantitative estimate of drug-likeness (QED) is 0.726. The Morgan fingerprint density at radius 1 is 1.30 bits per heavy atom. The van der Waals surface area contributed by atoms with Gasteiger partial charge < -0.3 is 10.8 Å². The Bertz CT molecular complexity index is 600. The zero-order chi connectivity index (χ0) is 15.7. The number of halogens is 3. The Kier molecular flexibility index (Phi) is 4.67. The van der Waals surface area contributed by atoms with Crippen LogP contribution >= 0.6 is 0 Å². The average molecular weight is 312 g/mol. The van der Waals surface area contributed by atoms with E-state index in [1.807, 2.05) is 0 Å². The number of rotatable bonds is 4. The molecule has 0 aliphatic rings. The van der Waals surface area contributed by atoms with E-state index in [4.69, 9.17) is 10.8 Å². The van der Waals surface area contributed by atoms with Crippen LogP contribution in [0.5, 0.6) is 0 Å². The summed E-state index contributed by atoms with van der Waals surface area (Å²) in [4.78, 5) is -0.271. The smallest absolute Gasteiger partial charge is 0.397 e. The van der Waals surface area contributed by atoms with Gasteiger partial charge in [-0.1, -0.05) is 12.1 Å². The molecule has 114 valence electrons. The molecule has 0 aromatic heterocycles. The molecule has 1 unspecified atom stereocenters. The highest BCUT2D eigenvalue weighted by Gasteiger charge is 2.39. The minimum atomic E-state index is -4.89. The predicted octanol–water partition coefficient (Wildman–Crippen LogP) is 1.09. The number of anilines is 1. The van der Waals surface area contributed by atoms with Crippen molar-refractivity contribution < 1.29 is 26.7 Å². The fourth-order valence-corrected chi connectivity index (χ4v) is 3.00. The van der Waals surface area contributed by atoms with E-state index >= 15 is 0 Å². The van der Waals surface area contributed by atoms with Gasteiger partial charge in [-0.2, -0.15) is 13.2 Å². The van der Waals surface area contributed by atoms with Gasteiger partial charge in [0.25, 0.3) is 0 Å². The summed E-state index contributed by atoms with van der Waals surface area (Å²) in [6, 6.07) is 3.11. The average Bonchev–Trinajstić information content (AvgIpc) is 2.30. The highest BCUT2D eigenvalue weighted by atomic mass is 32.2. The minimum absolute atomic E-state index is 0.0287. The van der Waals surface area contributed by atoms with Gasteiger partial charge in [-0.15, -0.1) is 0 Å². The number of nitrogen functional groups attached to an aromatic ring is 1. The van der Waals surface area contributed by atoms with Crippen LogP contribution in [0.15, 0.2) is 17.0 Å². The number of sulfonamides is 1. The van der Waals surface area contributed by atoms with E-state index in [1.54, 1.807) is 17.7 Å². The summed E-state index contributed by atoms with van der Waals surface area (Å²) in [6.45, 7) is 1.89. The minimum Gasteiger partial charge on any atom is -0.397 e. The first-order valence-electron chi connectivity index (χ1n) is 5.57. The molecule has 4 N–H and O–H groups in total. The van der Waals surface area contributed by atoms with Crippen LogP contribution in [-0.2, 0) is 10.0 Å². The van der Waals surface area contributed by atoms with Crippen molar-refractivity contribution in [1.29, 1.82) is 0 Å². The molecule has 0 radical (unpaired) electrons. The van der Waals surface area contributed by atoms with Crippen LogP contribution in [0.1, 0.15) is 11.1 Å². The van der Waals surface area contributed by atoms with Gasteiger partial charge >= 0.3 is 6.18 Å². The number of hydrogen-bond acceptors (Lipinski definition) is 4. The van der Waals surface area contributed by atoms with Crippen LogP contribution in [0.2, 0.25) is 0 Å². The van der Waals surface area contributed by atoms with E-state index in [1.165, 1.54) is 13.0 Å². The first-order valence-corrected chi connectivity index (χ1v) is 7.05. The number of alkyl halides is 3. The summed E-state index contributed by atoms with van der Waals surface area (Å²) in [5.41, 5.74) is 6.43. The number of nitrogens with one attached hydrogen (secondary N) is 1. The fourth-order valence-electron chi connectivity index (χ4n) is 1.54. The Morgan fingerprint density at radius 2 is 1.80 bits per heavy atom. The van der Waals surface area contributed by atoms with E-state index in [0.717, 1.165) is 0 Å². The van der Waals surface area contributed by atoms with Crippen molar-refractivity contribution in [3.05, 3.63) is 23.3 Å². The highest BCUT2D eigenvalue weighted by molar-refractivity contribution is 7.89. The summed E-state index contributed by atoms with van der Waals surface area (Å²) in [7, 11) is -4.23. The standard InChI is InChI=1S/C11H15F3N2O3S/c1-6-3-4-7(2)10(9(6)15)20(18,19)16-5-8(17)11(12,13)14/h3-4,8,16-17H,5,15H2,1-2H3. The molecule has 1 aromatic carbocycles. The molecular weight excluding hydrogens is 297 g/mol. The van der Waals surface area contributed by atoms with Crippen LogP contribution in [0.4, 0.5) is 18.9 Å². The summed E-state index contributed by atoms with van der Waals surface area (Å²) >= 11 is 0. The first kappa shape index (κ1) is 16.7. The number of benzene rings is 1. The molecule has 9 heteroatoms. The van der Waals surface area contributed by atoms with E-state index < -0.39 is 28.8 Å². The number of nitrogens with two attached hydrogens (primary N) is 1. The summed E-state index contributed by atoms with van der Waals surface area (Å²) in [5, 5.41) is 8.81. The Morgan fingerprint density at radius 3 is 2.30 bits per heavy atom. The molecule has 0 aliphatic carbocycles. The molecule has 0 spiro atoms. The molecule has 0 amide bonds. The molecule has 0 saturated heterocycles. The lowest BCUT2D eigenvalue weighted by atomic mass is 10.1. The second-order valence-corrected chi connectivity index (χ2v) is 6.06. The monoisotopic (exact) mass is 312 g/mol. The van der Waals surface area contributed by atoms with Gasteiger partial charge in [0, 0.05) is 6.54 Å². The van der Waals surface area contributed by atoms with Crippen molar-refractivity contribution in [3.8, 4) is 0 Å². The normalized spacial score (nSPS) is 14.3. The Labute approximate surface area is 114 Å². The van der Waals surface area contributed by atoms with E-state index in [9.17, 15) is 21.6 Å². The SMILES string of the molecule is Cc1ccc(C)c(S(=O)(=O)NCC(O)C(F)(F)F)c1N. The van der Waals surface area contributed by atoms with E-state index in [-0.39, 0.29) is 10.6 Å². The highest BCUT2D eigenvalue weighted by Crippen LogP contribution is 2.26. The van der Waals surface area contributed by atoms with Gasteiger partial charge in [0.15, 0.2) is 6.10 Å². The van der Waals surface area contributed by atoms with E-state index in [0.29, 0.717) is 11.1 Å². The summed E-state index contributed by atoms with van der Waals surface area (Å²) < 4.78 is 62.1. The molecule has 0 bridgehead atoms. The predicted molar refractivity (Wildman–Crippen MR) is 67.6 cm³/mol. The summed E-state index contributed by atoms with van der Waals surface area (Å²) in [5.74, 6) is 0. The third-order valence-corrected chi connectivity index (χ3v) is 4.35. The van der Waals surface area contributed by atoms with Gasteiger partial charge in [0.1, 0.15) is 4.90 Å². The maximum Gasteiger partial charge on any atom is 0.415 e. The fraction of sp³-hybridized carbons (Fsp3) is 0.455. The molecule has 0 fully saturated rings. The van der Waals surface area contributed by atoms with Gasteiger partial charge in [-0.3, -0.25) is 0 Å². The molecule has 1 aromatic rings. The molecular formula is C11H15F3N2O3S. The molecule has 1 atom stereocenters. The maximum absolute atomic E-state index is 12.1. The van der Waals surface area contributed by atoms with Gasteiger partial charge in [0.2, 0.25) is 10.0 Å². The number of aliphatic hydroxyl groups is 1. The van der Waals surface area contributed by atoms with Crippen molar-refractivity contribution >= 4 is 15.7 Å². The lowest BCUT2D eigenvalue weighted by Gasteiger charge is -2.17. The second-order valence-electron chi connectivity index (χ2n) is 4.35. The van der Waals surface area contributed by atoms with Crippen LogP contribution in [-0.4, -0.2) is 32.3 Å². The maximum atomic E-state index is 12.1. The van der Waals surface area contributed by atoms with Crippen molar-refractivity contribution in [2.24, 2.45) is 0 Å². The van der Waals surface area contributed by atoms with Gasteiger partial charge in [-0.05, 0) is 25.0 Å². The Hall–Kier alpha value is -1.32. The van der Waals surface area contributed by atoms with Crippen molar-refractivity contribution in [1.82, 2.24) is 4.72 Å². The van der Waals surface area contributed by atoms with Crippen LogP contribution in [0, 0.1) is 13.8 Å². The number of hydrogen-bond donors (Lipinski definition) is 3. The Balaban J connectivity index is 3.05. The number of aliphatic hydroxyl groups excluding tert-OH is 1. The largest absolute Gasteiger partial charge is 0.415 e. The zero-order valence-corrected chi connectivity index (χ0v) is 11.6. The molecule has 1 rings (SSSR count). The summed E-state index contributed by atoms with van der Waals surface area (Å²) in [6.07, 6.45) is -7.67. The third kappa shape index (κ3) is 3.62. The molecule has 20 heavy (non-hydrogen) atoms. The van der Waals surface area contributed by atoms with Crippen LogP contribution in [0.25, 0.3) is 0 Å². The molecule has 0 saturated carbocycles. The molecule has 5 nitrogen and oxygen atoms in total. The first-order chi connectivity index (χ1) is 8.97. The van der Waals surface area contributed by atoms with Crippen molar-refractivity contribution in [2.45, 2.75) is 31.0 Å². The lowest BCUT2D eigenvalue weighted by molar-refractivity contribution is -0.200. The van der Waals surface area contributed by atoms with Gasteiger partial charge in [-0.25, -0.2) is 13.1 Å². The van der Waals surface area contributed by atoms with Crippen molar-refractivity contribution in [3.63, 3.8) is 0 Å². The lowest BCUT2D eigenvalue weighted by Crippen LogP contribution is -2.41. The third-order valence-electron chi connectivity index (χ3n) is 2.72.